The van der Waals surface area contributed by atoms with Gasteiger partial charge in [0.2, 0.25) is 5.91 Å². The fourth-order valence-corrected chi connectivity index (χ4v) is 8.69. The van der Waals surface area contributed by atoms with Crippen molar-refractivity contribution < 1.29 is 4.79 Å². The van der Waals surface area contributed by atoms with E-state index in [0.717, 1.165) is 11.3 Å². The average molecular weight is 437 g/mol. The second-order valence-electron chi connectivity index (χ2n) is 7.55. The molecule has 1 amide bonds. The van der Waals surface area contributed by atoms with Crippen LogP contribution < -0.4 is 0 Å². The van der Waals surface area contributed by atoms with Crippen LogP contribution in [0.5, 0.6) is 0 Å². The van der Waals surface area contributed by atoms with Crippen LogP contribution in [0.2, 0.25) is 10.0 Å². The summed E-state index contributed by atoms with van der Waals surface area (Å²) in [5.41, 5.74) is 6.90. The van der Waals surface area contributed by atoms with Gasteiger partial charge in [0.25, 0.3) is 0 Å². The Morgan fingerprint density at radius 1 is 0.966 bits per heavy atom. The van der Waals surface area contributed by atoms with Crippen molar-refractivity contribution in [2.45, 2.75) is 17.7 Å². The molecule has 3 aromatic rings. The molecule has 0 N–H and O–H groups in total. The molecule has 1 aliphatic carbocycles. The van der Waals surface area contributed by atoms with E-state index in [1.165, 1.54) is 22.3 Å². The van der Waals surface area contributed by atoms with Crippen molar-refractivity contribution in [3.8, 4) is 11.1 Å². The van der Waals surface area contributed by atoms with Gasteiger partial charge in [-0.3, -0.25) is 4.79 Å². The summed E-state index contributed by atoms with van der Waals surface area (Å²) < 4.78 is 1.73. The fraction of sp³-hybridized carbons (Fsp3) is 0.130. The van der Waals surface area contributed by atoms with Crippen molar-refractivity contribution in [3.63, 3.8) is 0 Å². The normalized spacial score (nSPS) is 22.2. The Bertz CT molecular complexity index is 1190. The molecule has 6 heteroatoms. The molecule has 2 atom stereocenters. The van der Waals surface area contributed by atoms with Crippen LogP contribution in [0, 0.1) is 0 Å². The van der Waals surface area contributed by atoms with E-state index in [0.29, 0.717) is 10.0 Å². The second-order valence-corrected chi connectivity index (χ2v) is 10.7. The van der Waals surface area contributed by atoms with E-state index in [-0.39, 0.29) is 16.7 Å². The highest BCUT2D eigenvalue weighted by Gasteiger charge is 2.77. The molecule has 0 saturated carbocycles. The fourth-order valence-electron chi connectivity index (χ4n) is 4.92. The van der Waals surface area contributed by atoms with E-state index in [2.05, 4.69) is 36.4 Å². The third-order valence-electron chi connectivity index (χ3n) is 6.03. The van der Waals surface area contributed by atoms with Crippen LogP contribution in [0.25, 0.3) is 11.1 Å². The Balaban J connectivity index is 1.64. The number of carbonyl (C=O) groups excluding carboxylic acids is 1. The molecule has 1 fully saturated rings. The van der Waals surface area contributed by atoms with Gasteiger partial charge >= 0.3 is 0 Å². The smallest absolute Gasteiger partial charge is 0.242 e. The average Bonchev–Trinajstić information content (AvgIpc) is 3.08. The minimum atomic E-state index is -0.885. The molecule has 3 aliphatic rings. The Hall–Kier alpha value is -2.19. The minimum Gasteiger partial charge on any atom is -0.273 e. The van der Waals surface area contributed by atoms with Crippen molar-refractivity contribution in [3.05, 3.63) is 93.5 Å². The SMILES string of the molecule is CC(=O)N1N=C(c2ccccc2)C2P1C21c2cc(Cl)ccc2-c2ccc(Cl)cc21. The van der Waals surface area contributed by atoms with Crippen LogP contribution in [-0.2, 0) is 9.95 Å². The number of amides is 1. The number of rotatable bonds is 1. The number of fused-ring (bicyclic) bond motifs is 8. The molecule has 3 aromatic carbocycles. The maximum atomic E-state index is 12.5. The van der Waals surface area contributed by atoms with E-state index in [1.54, 1.807) is 11.7 Å². The largest absolute Gasteiger partial charge is 0.273 e. The maximum Gasteiger partial charge on any atom is 0.242 e. The van der Waals surface area contributed by atoms with Gasteiger partial charge in [-0.05, 0) is 52.1 Å². The zero-order valence-electron chi connectivity index (χ0n) is 15.4. The molecule has 0 aromatic heterocycles. The number of hydrogen-bond donors (Lipinski definition) is 0. The zero-order chi connectivity index (χ0) is 19.9. The number of carbonyl (C=O) groups is 1. The van der Waals surface area contributed by atoms with Crippen LogP contribution >= 0.6 is 31.3 Å². The highest BCUT2D eigenvalue weighted by atomic mass is 35.5. The first-order chi connectivity index (χ1) is 14.0. The van der Waals surface area contributed by atoms with Crippen LogP contribution in [0.1, 0.15) is 23.6 Å². The van der Waals surface area contributed by atoms with Gasteiger partial charge in [-0.1, -0.05) is 65.7 Å². The summed E-state index contributed by atoms with van der Waals surface area (Å²) in [6.45, 7) is 1.59. The molecule has 3 nitrogen and oxygen atoms in total. The first-order valence-electron chi connectivity index (χ1n) is 9.38. The van der Waals surface area contributed by atoms with Crippen LogP contribution in [-0.4, -0.2) is 22.1 Å². The first-order valence-corrected chi connectivity index (χ1v) is 11.5. The number of hydrogen-bond acceptors (Lipinski definition) is 2. The van der Waals surface area contributed by atoms with E-state index in [9.17, 15) is 4.79 Å². The van der Waals surface area contributed by atoms with E-state index in [1.807, 2.05) is 30.3 Å². The number of halogens is 2. The van der Waals surface area contributed by atoms with Crippen LogP contribution in [0.15, 0.2) is 71.8 Å². The summed E-state index contributed by atoms with van der Waals surface area (Å²) in [5.74, 6) is -0.0250. The summed E-state index contributed by atoms with van der Waals surface area (Å²) >= 11 is 12.9. The molecule has 29 heavy (non-hydrogen) atoms. The predicted molar refractivity (Wildman–Crippen MR) is 119 cm³/mol. The Morgan fingerprint density at radius 2 is 1.55 bits per heavy atom. The van der Waals surface area contributed by atoms with E-state index in [4.69, 9.17) is 28.3 Å². The molecule has 6 rings (SSSR count). The first kappa shape index (κ1) is 17.7. The molecule has 142 valence electrons. The molecule has 1 spiro atoms. The second kappa shape index (κ2) is 5.92. The van der Waals surface area contributed by atoms with Gasteiger partial charge in [0.1, 0.15) is 0 Å². The Labute approximate surface area is 179 Å². The highest BCUT2D eigenvalue weighted by Crippen LogP contribution is 2.90. The van der Waals surface area contributed by atoms with Crippen LogP contribution in [0.4, 0.5) is 0 Å². The van der Waals surface area contributed by atoms with Crippen LogP contribution in [0.3, 0.4) is 0 Å². The molecule has 2 unspecified atom stereocenters. The van der Waals surface area contributed by atoms with E-state index < -0.39 is 8.07 Å². The quantitative estimate of drug-likeness (QED) is 0.414. The molecule has 0 radical (unpaired) electrons. The molecular weight excluding hydrogens is 422 g/mol. The standard InChI is InChI=1S/C23H15Cl2N2OP/c1-13(28)27-26-21(14-5-3-2-4-6-14)22-23(29(22)27)19-11-15(24)7-9-17(19)18-10-8-16(25)12-20(18)23/h2-12,22H,1H3. The molecule has 0 bridgehead atoms. The van der Waals surface area contributed by atoms with Crippen molar-refractivity contribution in [2.24, 2.45) is 5.10 Å². The summed E-state index contributed by atoms with van der Waals surface area (Å²) in [4.78, 5) is 12.5. The monoisotopic (exact) mass is 436 g/mol. The minimum absolute atomic E-state index is 0.0250. The third kappa shape index (κ3) is 2.19. The van der Waals surface area contributed by atoms with Gasteiger partial charge in [0.15, 0.2) is 0 Å². The van der Waals surface area contributed by atoms with Crippen molar-refractivity contribution >= 4 is 42.9 Å². The van der Waals surface area contributed by atoms with E-state index >= 15 is 0 Å². The van der Waals surface area contributed by atoms with Gasteiger partial charge in [-0.25, -0.2) is 4.78 Å². The molecule has 2 heterocycles. The van der Waals surface area contributed by atoms with Gasteiger partial charge < -0.3 is 0 Å². The number of benzene rings is 3. The number of nitrogens with zero attached hydrogens (tertiary/aromatic N) is 2. The number of hydrazone groups is 1. The summed E-state index contributed by atoms with van der Waals surface area (Å²) in [6, 6.07) is 22.3. The molecule has 2 aliphatic heterocycles. The molecular formula is C23H15Cl2N2OP. The zero-order valence-corrected chi connectivity index (χ0v) is 17.8. The summed E-state index contributed by atoms with van der Waals surface area (Å²) in [5, 5.41) is 5.87. The third-order valence-corrected chi connectivity index (χ3v) is 9.58. The topological polar surface area (TPSA) is 32.7 Å². The lowest BCUT2D eigenvalue weighted by Gasteiger charge is -2.22. The maximum absolute atomic E-state index is 12.5. The summed E-state index contributed by atoms with van der Waals surface area (Å²) in [6.07, 6.45) is 0. The van der Waals surface area contributed by atoms with Gasteiger partial charge in [0, 0.05) is 25.0 Å². The van der Waals surface area contributed by atoms with Crippen molar-refractivity contribution in [2.75, 3.05) is 0 Å². The predicted octanol–water partition coefficient (Wildman–Crippen LogP) is 6.26. The molecule has 1 saturated heterocycles. The van der Waals surface area contributed by atoms with Gasteiger partial charge in [0.05, 0.1) is 16.5 Å². The lowest BCUT2D eigenvalue weighted by atomic mass is 9.89. The highest BCUT2D eigenvalue weighted by molar-refractivity contribution is 7.68. The van der Waals surface area contributed by atoms with Gasteiger partial charge in [-0.15, -0.1) is 0 Å². The van der Waals surface area contributed by atoms with Gasteiger partial charge in [-0.2, -0.15) is 5.10 Å². The Morgan fingerprint density at radius 3 is 2.10 bits per heavy atom. The lowest BCUT2D eigenvalue weighted by molar-refractivity contribution is -0.124. The van der Waals surface area contributed by atoms with Crippen molar-refractivity contribution in [1.29, 1.82) is 0 Å². The Kier molecular flexibility index (Phi) is 3.60. The van der Waals surface area contributed by atoms with Crippen molar-refractivity contribution in [1.82, 2.24) is 4.78 Å². The lowest BCUT2D eigenvalue weighted by Crippen LogP contribution is -2.24. The summed E-state index contributed by atoms with van der Waals surface area (Å²) in [7, 11) is -0.885.